The maximum absolute atomic E-state index is 12.4. The Bertz CT molecular complexity index is 386. The number of rotatable bonds is 3. The number of anilines is 1. The summed E-state index contributed by atoms with van der Waals surface area (Å²) in [5.41, 5.74) is -0.738. The highest BCUT2D eigenvalue weighted by Crippen LogP contribution is 2.28. The fraction of sp³-hybridized carbons (Fsp3) is 0.583. The molecule has 4 nitrogen and oxygen atoms in total. The number of aromatic nitrogens is 1. The van der Waals surface area contributed by atoms with Gasteiger partial charge in [-0.05, 0) is 12.1 Å². The number of nitrogens with zero attached hydrogens (tertiary/aromatic N) is 1. The van der Waals surface area contributed by atoms with Gasteiger partial charge in [-0.2, -0.15) is 13.2 Å². The Morgan fingerprint density at radius 3 is 2.95 bits per heavy atom. The van der Waals surface area contributed by atoms with E-state index in [0.29, 0.717) is 25.6 Å². The summed E-state index contributed by atoms with van der Waals surface area (Å²) in [6, 6.07) is 2.37. The van der Waals surface area contributed by atoms with E-state index in [0.717, 1.165) is 25.4 Å². The van der Waals surface area contributed by atoms with E-state index in [1.54, 1.807) is 0 Å². The Balaban J connectivity index is 1.85. The number of hydrogen-bond acceptors (Lipinski definition) is 4. The lowest BCUT2D eigenvalue weighted by Crippen LogP contribution is -2.28. The summed E-state index contributed by atoms with van der Waals surface area (Å²) in [5.74, 6) is 0.726. The Morgan fingerprint density at radius 1 is 1.42 bits per heavy atom. The second-order valence-electron chi connectivity index (χ2n) is 4.46. The zero-order valence-electron chi connectivity index (χ0n) is 10.3. The van der Waals surface area contributed by atoms with Crippen LogP contribution in [0.5, 0.6) is 0 Å². The van der Waals surface area contributed by atoms with E-state index in [9.17, 15) is 13.2 Å². The molecule has 0 spiro atoms. The maximum Gasteiger partial charge on any atom is 0.417 e. The van der Waals surface area contributed by atoms with Gasteiger partial charge in [0.05, 0.1) is 18.8 Å². The molecule has 19 heavy (non-hydrogen) atoms. The van der Waals surface area contributed by atoms with E-state index >= 15 is 0 Å². The Morgan fingerprint density at radius 2 is 2.26 bits per heavy atom. The molecule has 0 unspecified atom stereocenters. The van der Waals surface area contributed by atoms with E-state index in [2.05, 4.69) is 15.6 Å². The van der Waals surface area contributed by atoms with Crippen LogP contribution in [0.1, 0.15) is 5.56 Å². The molecule has 0 aromatic carbocycles. The van der Waals surface area contributed by atoms with Gasteiger partial charge in [0, 0.05) is 31.7 Å². The lowest BCUT2D eigenvalue weighted by atomic mass is 10.1. The number of ether oxygens (including phenoxy) is 1. The minimum atomic E-state index is -4.34. The molecule has 0 saturated carbocycles. The van der Waals surface area contributed by atoms with Crippen molar-refractivity contribution in [1.82, 2.24) is 10.3 Å². The molecule has 2 N–H and O–H groups in total. The maximum atomic E-state index is 12.4. The summed E-state index contributed by atoms with van der Waals surface area (Å²) < 4.78 is 42.5. The number of pyridine rings is 1. The Labute approximate surface area is 109 Å². The highest BCUT2D eigenvalue weighted by Gasteiger charge is 2.30. The SMILES string of the molecule is FC(F)(F)c1ccc(NC[C@H]2CNCCOC2)nc1. The van der Waals surface area contributed by atoms with Crippen molar-refractivity contribution in [3.8, 4) is 0 Å². The monoisotopic (exact) mass is 275 g/mol. The Hall–Kier alpha value is -1.34. The summed E-state index contributed by atoms with van der Waals surface area (Å²) in [6.45, 7) is 3.60. The molecule has 2 rings (SSSR count). The van der Waals surface area contributed by atoms with Gasteiger partial charge in [-0.25, -0.2) is 4.98 Å². The predicted molar refractivity (Wildman–Crippen MR) is 64.9 cm³/mol. The number of hydrogen-bond donors (Lipinski definition) is 2. The molecule has 0 radical (unpaired) electrons. The first-order valence-corrected chi connectivity index (χ1v) is 6.11. The van der Waals surface area contributed by atoms with Crippen LogP contribution in [0.4, 0.5) is 19.0 Å². The first-order valence-electron chi connectivity index (χ1n) is 6.11. The smallest absolute Gasteiger partial charge is 0.380 e. The highest BCUT2D eigenvalue weighted by molar-refractivity contribution is 5.36. The van der Waals surface area contributed by atoms with Gasteiger partial charge >= 0.3 is 6.18 Å². The molecule has 1 aromatic rings. The first-order chi connectivity index (χ1) is 9.05. The average Bonchev–Trinajstić information content (AvgIpc) is 2.64. The van der Waals surface area contributed by atoms with Crippen LogP contribution in [0.2, 0.25) is 0 Å². The third-order valence-electron chi connectivity index (χ3n) is 2.87. The minimum Gasteiger partial charge on any atom is -0.380 e. The molecular weight excluding hydrogens is 259 g/mol. The van der Waals surface area contributed by atoms with Crippen LogP contribution in [-0.4, -0.2) is 37.8 Å². The van der Waals surface area contributed by atoms with Gasteiger partial charge in [0.25, 0.3) is 0 Å². The molecule has 1 aliphatic rings. The fourth-order valence-electron chi connectivity index (χ4n) is 1.81. The van der Waals surface area contributed by atoms with Gasteiger partial charge in [0.2, 0.25) is 0 Å². The van der Waals surface area contributed by atoms with Crippen LogP contribution in [0.15, 0.2) is 18.3 Å². The van der Waals surface area contributed by atoms with Gasteiger partial charge in [-0.15, -0.1) is 0 Å². The Kier molecular flexibility index (Phi) is 4.60. The molecule has 0 aliphatic carbocycles. The quantitative estimate of drug-likeness (QED) is 0.882. The van der Waals surface area contributed by atoms with Crippen LogP contribution in [-0.2, 0) is 10.9 Å². The van der Waals surface area contributed by atoms with Crippen LogP contribution in [0, 0.1) is 5.92 Å². The van der Waals surface area contributed by atoms with Crippen LogP contribution in [0.25, 0.3) is 0 Å². The summed E-state index contributed by atoms with van der Waals surface area (Å²) >= 11 is 0. The number of alkyl halides is 3. The van der Waals surface area contributed by atoms with Gasteiger partial charge in [0.15, 0.2) is 0 Å². The highest BCUT2D eigenvalue weighted by atomic mass is 19.4. The van der Waals surface area contributed by atoms with Crippen LogP contribution >= 0.6 is 0 Å². The molecule has 0 amide bonds. The predicted octanol–water partition coefficient (Wildman–Crippen LogP) is 1.75. The molecule has 0 bridgehead atoms. The van der Waals surface area contributed by atoms with Gasteiger partial charge in [-0.1, -0.05) is 0 Å². The molecular formula is C12H16F3N3O. The lowest BCUT2D eigenvalue weighted by molar-refractivity contribution is -0.137. The fourth-order valence-corrected chi connectivity index (χ4v) is 1.81. The topological polar surface area (TPSA) is 46.2 Å². The molecule has 7 heteroatoms. The van der Waals surface area contributed by atoms with E-state index in [1.807, 2.05) is 0 Å². The standard InChI is InChI=1S/C12H16F3N3O/c13-12(14,15)10-1-2-11(18-7-10)17-6-9-5-16-3-4-19-8-9/h1-2,7,9,16H,3-6,8H2,(H,17,18)/t9-/m1/s1. The molecule has 1 aromatic heterocycles. The van der Waals surface area contributed by atoms with E-state index in [1.165, 1.54) is 6.07 Å². The third-order valence-corrected chi connectivity index (χ3v) is 2.87. The van der Waals surface area contributed by atoms with Crippen molar-refractivity contribution in [2.24, 2.45) is 5.92 Å². The summed E-state index contributed by atoms with van der Waals surface area (Å²) in [4.78, 5) is 3.76. The van der Waals surface area contributed by atoms with Crippen LogP contribution < -0.4 is 10.6 Å². The second kappa shape index (κ2) is 6.21. The second-order valence-corrected chi connectivity index (χ2v) is 4.46. The normalized spacial score (nSPS) is 20.9. The minimum absolute atomic E-state index is 0.284. The van der Waals surface area contributed by atoms with Gasteiger partial charge in [-0.3, -0.25) is 0 Å². The van der Waals surface area contributed by atoms with Gasteiger partial charge in [0.1, 0.15) is 5.82 Å². The summed E-state index contributed by atoms with van der Waals surface area (Å²) in [6.07, 6.45) is -3.51. The lowest BCUT2D eigenvalue weighted by Gasteiger charge is -2.15. The molecule has 2 heterocycles. The molecule has 1 atom stereocenters. The molecule has 106 valence electrons. The molecule has 1 saturated heterocycles. The zero-order chi connectivity index (χ0) is 13.7. The zero-order valence-corrected chi connectivity index (χ0v) is 10.3. The largest absolute Gasteiger partial charge is 0.417 e. The number of halogens is 3. The van der Waals surface area contributed by atoms with E-state index in [4.69, 9.17) is 4.74 Å². The van der Waals surface area contributed by atoms with Crippen molar-refractivity contribution in [3.05, 3.63) is 23.9 Å². The number of nitrogens with one attached hydrogen (secondary N) is 2. The summed E-state index contributed by atoms with van der Waals surface area (Å²) in [7, 11) is 0. The van der Waals surface area contributed by atoms with Crippen molar-refractivity contribution in [2.75, 3.05) is 38.2 Å². The van der Waals surface area contributed by atoms with Crippen molar-refractivity contribution < 1.29 is 17.9 Å². The van der Waals surface area contributed by atoms with Gasteiger partial charge < -0.3 is 15.4 Å². The first kappa shape index (κ1) is 14.1. The average molecular weight is 275 g/mol. The molecule has 1 fully saturated rings. The van der Waals surface area contributed by atoms with Crippen molar-refractivity contribution >= 4 is 5.82 Å². The third kappa shape index (κ3) is 4.36. The summed E-state index contributed by atoms with van der Waals surface area (Å²) in [5, 5.41) is 6.25. The van der Waals surface area contributed by atoms with Crippen molar-refractivity contribution in [1.29, 1.82) is 0 Å². The van der Waals surface area contributed by atoms with E-state index < -0.39 is 11.7 Å². The van der Waals surface area contributed by atoms with Crippen molar-refractivity contribution in [3.63, 3.8) is 0 Å². The molecule has 1 aliphatic heterocycles. The van der Waals surface area contributed by atoms with E-state index in [-0.39, 0.29) is 5.92 Å². The van der Waals surface area contributed by atoms with Crippen LogP contribution in [0.3, 0.4) is 0 Å². The van der Waals surface area contributed by atoms with Crippen molar-refractivity contribution in [2.45, 2.75) is 6.18 Å².